The first kappa shape index (κ1) is 12.6. The van der Waals surface area contributed by atoms with Gasteiger partial charge in [-0.15, -0.1) is 0 Å². The number of rotatable bonds is 4. The molecular weight excluding hydrogens is 207 g/mol. The lowest BCUT2D eigenvalue weighted by molar-refractivity contribution is -0.118. The van der Waals surface area contributed by atoms with E-state index in [0.717, 1.165) is 6.42 Å². The lowest BCUT2D eigenvalue weighted by Crippen LogP contribution is -2.40. The highest BCUT2D eigenvalue weighted by atomic mass is 19.1. The van der Waals surface area contributed by atoms with Crippen LogP contribution in [0.15, 0.2) is 24.3 Å². The van der Waals surface area contributed by atoms with Crippen molar-refractivity contribution in [3.8, 4) is 0 Å². The van der Waals surface area contributed by atoms with E-state index in [2.05, 4.69) is 5.32 Å². The molecule has 2 unspecified atom stereocenters. The van der Waals surface area contributed by atoms with Crippen LogP contribution >= 0.6 is 0 Å². The molecule has 0 aliphatic heterocycles. The minimum atomic E-state index is -0.607. The van der Waals surface area contributed by atoms with Gasteiger partial charge in [0.25, 0.3) is 0 Å². The van der Waals surface area contributed by atoms with E-state index in [9.17, 15) is 9.18 Å². The van der Waals surface area contributed by atoms with Gasteiger partial charge < -0.3 is 11.1 Å². The van der Waals surface area contributed by atoms with Gasteiger partial charge >= 0.3 is 0 Å². The summed E-state index contributed by atoms with van der Waals surface area (Å²) in [5.74, 6) is -0.724. The Morgan fingerprint density at radius 3 is 2.69 bits per heavy atom. The number of para-hydroxylation sites is 1. The molecule has 0 heterocycles. The molecule has 3 N–H and O–H groups in total. The minimum Gasteiger partial charge on any atom is -0.322 e. The molecule has 0 aromatic heterocycles. The number of nitrogens with one attached hydrogen (secondary N) is 1. The van der Waals surface area contributed by atoms with Crippen molar-refractivity contribution in [2.45, 2.75) is 26.3 Å². The Balaban J connectivity index is 2.68. The predicted octanol–water partition coefficient (Wildman–Crippen LogP) is 2.14. The summed E-state index contributed by atoms with van der Waals surface area (Å²) < 4.78 is 13.2. The zero-order chi connectivity index (χ0) is 12.1. The topological polar surface area (TPSA) is 55.1 Å². The van der Waals surface area contributed by atoms with Gasteiger partial charge in [-0.1, -0.05) is 32.4 Å². The molecule has 88 valence electrons. The maximum absolute atomic E-state index is 13.2. The average molecular weight is 224 g/mol. The van der Waals surface area contributed by atoms with E-state index in [1.54, 1.807) is 12.1 Å². The Kier molecular flexibility index (Phi) is 4.43. The standard InChI is InChI=1S/C12H17FN2O/c1-3-8(2)11(14)12(16)15-10-7-5-4-6-9(10)13/h4-8,11H,3,14H2,1-2H3,(H,15,16). The van der Waals surface area contributed by atoms with Crippen LogP contribution in [-0.2, 0) is 4.79 Å². The van der Waals surface area contributed by atoms with Crippen LogP contribution in [0.5, 0.6) is 0 Å². The van der Waals surface area contributed by atoms with Gasteiger partial charge in [-0.05, 0) is 18.1 Å². The maximum atomic E-state index is 13.2. The van der Waals surface area contributed by atoms with Gasteiger partial charge in [0.2, 0.25) is 5.91 Å². The quantitative estimate of drug-likeness (QED) is 0.823. The van der Waals surface area contributed by atoms with Crippen molar-refractivity contribution in [3.05, 3.63) is 30.1 Å². The first-order valence-corrected chi connectivity index (χ1v) is 5.37. The SMILES string of the molecule is CCC(C)C(N)C(=O)Nc1ccccc1F. The number of carbonyl (C=O) groups excluding carboxylic acids is 1. The molecule has 16 heavy (non-hydrogen) atoms. The molecule has 0 radical (unpaired) electrons. The van der Waals surface area contributed by atoms with Gasteiger partial charge in [-0.3, -0.25) is 4.79 Å². The number of carbonyl (C=O) groups is 1. The van der Waals surface area contributed by atoms with Gasteiger partial charge in [-0.25, -0.2) is 4.39 Å². The molecule has 2 atom stereocenters. The van der Waals surface area contributed by atoms with E-state index in [1.165, 1.54) is 12.1 Å². The van der Waals surface area contributed by atoms with E-state index in [0.29, 0.717) is 0 Å². The molecule has 0 bridgehead atoms. The molecule has 3 nitrogen and oxygen atoms in total. The smallest absolute Gasteiger partial charge is 0.241 e. The lowest BCUT2D eigenvalue weighted by atomic mass is 9.99. The fourth-order valence-electron chi connectivity index (χ4n) is 1.29. The third-order valence-corrected chi connectivity index (χ3v) is 2.69. The molecule has 0 aliphatic rings. The fourth-order valence-corrected chi connectivity index (χ4v) is 1.29. The molecule has 1 aromatic carbocycles. The van der Waals surface area contributed by atoms with Crippen molar-refractivity contribution in [1.82, 2.24) is 0 Å². The fraction of sp³-hybridized carbons (Fsp3) is 0.417. The van der Waals surface area contributed by atoms with Gasteiger partial charge in [0.15, 0.2) is 0 Å². The van der Waals surface area contributed by atoms with Crippen molar-refractivity contribution in [3.63, 3.8) is 0 Å². The molecule has 1 amide bonds. The first-order chi connectivity index (χ1) is 7.56. The number of benzene rings is 1. The molecule has 1 rings (SSSR count). The summed E-state index contributed by atoms with van der Waals surface area (Å²) >= 11 is 0. The summed E-state index contributed by atoms with van der Waals surface area (Å²) in [4.78, 5) is 11.7. The summed E-state index contributed by atoms with van der Waals surface area (Å²) in [5.41, 5.74) is 5.91. The molecule has 0 fully saturated rings. The second-order valence-corrected chi connectivity index (χ2v) is 3.88. The lowest BCUT2D eigenvalue weighted by Gasteiger charge is -2.17. The van der Waals surface area contributed by atoms with Gasteiger partial charge in [0.1, 0.15) is 5.82 Å². The maximum Gasteiger partial charge on any atom is 0.241 e. The molecule has 0 saturated heterocycles. The number of anilines is 1. The van der Waals surface area contributed by atoms with Crippen LogP contribution in [0, 0.1) is 11.7 Å². The largest absolute Gasteiger partial charge is 0.322 e. The molecule has 4 heteroatoms. The van der Waals surface area contributed by atoms with Crippen molar-refractivity contribution in [1.29, 1.82) is 0 Å². The van der Waals surface area contributed by atoms with Crippen LogP contribution in [0.4, 0.5) is 10.1 Å². The van der Waals surface area contributed by atoms with Crippen molar-refractivity contribution >= 4 is 11.6 Å². The van der Waals surface area contributed by atoms with Gasteiger partial charge in [0, 0.05) is 0 Å². The summed E-state index contributed by atoms with van der Waals surface area (Å²) in [6, 6.07) is 5.43. The molecule has 0 aliphatic carbocycles. The van der Waals surface area contributed by atoms with Crippen LogP contribution in [0.25, 0.3) is 0 Å². The molecular formula is C12H17FN2O. The van der Waals surface area contributed by atoms with Crippen LogP contribution < -0.4 is 11.1 Å². The number of amides is 1. The van der Waals surface area contributed by atoms with Gasteiger partial charge in [0.05, 0.1) is 11.7 Å². The van der Waals surface area contributed by atoms with Crippen molar-refractivity contribution in [2.24, 2.45) is 11.7 Å². The number of hydrogen-bond donors (Lipinski definition) is 2. The second kappa shape index (κ2) is 5.61. The van der Waals surface area contributed by atoms with Gasteiger partial charge in [-0.2, -0.15) is 0 Å². The highest BCUT2D eigenvalue weighted by Crippen LogP contribution is 2.14. The predicted molar refractivity (Wildman–Crippen MR) is 62.5 cm³/mol. The highest BCUT2D eigenvalue weighted by molar-refractivity contribution is 5.94. The number of nitrogens with two attached hydrogens (primary N) is 1. The Bertz CT molecular complexity index is 368. The molecule has 0 saturated carbocycles. The summed E-state index contributed by atoms with van der Waals surface area (Å²) in [5, 5.41) is 2.49. The van der Waals surface area contributed by atoms with E-state index in [4.69, 9.17) is 5.73 Å². The summed E-state index contributed by atoms with van der Waals surface area (Å²) in [6.07, 6.45) is 0.811. The minimum absolute atomic E-state index is 0.0757. The van der Waals surface area contributed by atoms with E-state index >= 15 is 0 Å². The normalized spacial score (nSPS) is 14.2. The highest BCUT2D eigenvalue weighted by Gasteiger charge is 2.20. The average Bonchev–Trinajstić information content (AvgIpc) is 2.30. The van der Waals surface area contributed by atoms with E-state index < -0.39 is 11.9 Å². The second-order valence-electron chi connectivity index (χ2n) is 3.88. The summed E-state index contributed by atoms with van der Waals surface area (Å²) in [7, 11) is 0. The zero-order valence-corrected chi connectivity index (χ0v) is 9.53. The van der Waals surface area contributed by atoms with Crippen LogP contribution in [0.2, 0.25) is 0 Å². The van der Waals surface area contributed by atoms with E-state index in [-0.39, 0.29) is 17.5 Å². The van der Waals surface area contributed by atoms with Crippen LogP contribution in [-0.4, -0.2) is 11.9 Å². The molecule has 1 aromatic rings. The Morgan fingerprint density at radius 1 is 1.50 bits per heavy atom. The number of hydrogen-bond acceptors (Lipinski definition) is 2. The Morgan fingerprint density at radius 2 is 2.12 bits per heavy atom. The van der Waals surface area contributed by atoms with Crippen molar-refractivity contribution < 1.29 is 9.18 Å². The Hall–Kier alpha value is -1.42. The third-order valence-electron chi connectivity index (χ3n) is 2.69. The third kappa shape index (κ3) is 3.03. The van der Waals surface area contributed by atoms with E-state index in [1.807, 2.05) is 13.8 Å². The zero-order valence-electron chi connectivity index (χ0n) is 9.53. The van der Waals surface area contributed by atoms with Crippen molar-refractivity contribution in [2.75, 3.05) is 5.32 Å². The number of halogens is 1. The van der Waals surface area contributed by atoms with Crippen LogP contribution in [0.1, 0.15) is 20.3 Å². The van der Waals surface area contributed by atoms with Crippen LogP contribution in [0.3, 0.4) is 0 Å². The monoisotopic (exact) mass is 224 g/mol. The first-order valence-electron chi connectivity index (χ1n) is 5.37. The molecule has 0 spiro atoms. The Labute approximate surface area is 94.8 Å². The summed E-state index contributed by atoms with van der Waals surface area (Å²) in [6.45, 7) is 3.85.